The van der Waals surface area contributed by atoms with Gasteiger partial charge in [0.05, 0.1) is 0 Å². The van der Waals surface area contributed by atoms with Gasteiger partial charge in [-0.1, -0.05) is 13.8 Å². The number of hydrogen-bond donors (Lipinski definition) is 0. The summed E-state index contributed by atoms with van der Waals surface area (Å²) in [4.78, 5) is 0. The maximum absolute atomic E-state index is 6.92. The molecule has 3 atom stereocenters. The molecule has 0 fully saturated rings. The van der Waals surface area contributed by atoms with E-state index in [2.05, 4.69) is 77.4 Å². The van der Waals surface area contributed by atoms with E-state index in [1.807, 2.05) is 6.07 Å². The molecule has 0 amide bonds. The van der Waals surface area contributed by atoms with Crippen molar-refractivity contribution in [3.63, 3.8) is 0 Å². The summed E-state index contributed by atoms with van der Waals surface area (Å²) >= 11 is 0. The molecule has 3 aliphatic heterocycles. The van der Waals surface area contributed by atoms with Gasteiger partial charge in [0.25, 0.3) is 0 Å². The fourth-order valence-corrected chi connectivity index (χ4v) is 7.29. The minimum Gasteiger partial charge on any atom is -0.544 e. The first kappa shape index (κ1) is 22.8. The first-order valence-electron chi connectivity index (χ1n) is 12.0. The van der Waals surface area contributed by atoms with Crippen LogP contribution in [0, 0.1) is 5.92 Å². The van der Waals surface area contributed by atoms with E-state index in [9.17, 15) is 0 Å². The zero-order valence-corrected chi connectivity index (χ0v) is 23.1. The van der Waals surface area contributed by atoms with Gasteiger partial charge in [0.1, 0.15) is 35.7 Å². The Labute approximate surface area is 199 Å². The van der Waals surface area contributed by atoms with Gasteiger partial charge in [-0.3, -0.25) is 0 Å². The molecule has 2 aromatic rings. The predicted octanol–water partition coefficient (Wildman–Crippen LogP) is 6.43. The van der Waals surface area contributed by atoms with Crippen molar-refractivity contribution in [2.75, 3.05) is 6.61 Å². The standard InChI is InChI=1S/C26H36O5Si2/c1-16(2)21-12-17-11-19-23(14-22(17)28-21)27-15-26(31-33(6,7)8)20-10-9-18(30-32(3,4)5)13-24(20)29-25(19)26/h9-11,13-14,16,21,25H,12,15H2,1-8H3/t21-,25+,26-/m1/s1. The summed E-state index contributed by atoms with van der Waals surface area (Å²) < 4.78 is 32.5. The highest BCUT2D eigenvalue weighted by Gasteiger charge is 2.57. The van der Waals surface area contributed by atoms with Crippen LogP contribution in [0.2, 0.25) is 39.3 Å². The molecule has 33 heavy (non-hydrogen) atoms. The van der Waals surface area contributed by atoms with Crippen molar-refractivity contribution in [2.45, 2.75) is 77.4 Å². The maximum Gasteiger partial charge on any atom is 0.242 e. The number of fused-ring (bicyclic) bond motifs is 6. The van der Waals surface area contributed by atoms with Gasteiger partial charge >= 0.3 is 0 Å². The Morgan fingerprint density at radius 1 is 0.909 bits per heavy atom. The lowest BCUT2D eigenvalue weighted by Crippen LogP contribution is -2.49. The zero-order chi connectivity index (χ0) is 23.8. The Morgan fingerprint density at radius 3 is 2.33 bits per heavy atom. The molecule has 0 aliphatic carbocycles. The minimum absolute atomic E-state index is 0.204. The summed E-state index contributed by atoms with van der Waals surface area (Å²) in [6, 6.07) is 10.5. The van der Waals surface area contributed by atoms with Gasteiger partial charge in [0, 0.05) is 29.7 Å². The average Bonchev–Trinajstić information content (AvgIpc) is 3.22. The van der Waals surface area contributed by atoms with Crippen molar-refractivity contribution < 1.29 is 23.1 Å². The highest BCUT2D eigenvalue weighted by molar-refractivity contribution is 6.70. The molecule has 0 bridgehead atoms. The molecule has 3 heterocycles. The third-order valence-corrected chi connectivity index (χ3v) is 8.17. The van der Waals surface area contributed by atoms with Crippen LogP contribution in [-0.2, 0) is 16.4 Å². The Hall–Kier alpha value is -1.97. The van der Waals surface area contributed by atoms with E-state index in [1.54, 1.807) is 0 Å². The van der Waals surface area contributed by atoms with Crippen LogP contribution in [0.1, 0.15) is 36.6 Å². The molecule has 0 saturated carbocycles. The van der Waals surface area contributed by atoms with Crippen LogP contribution in [0.4, 0.5) is 0 Å². The van der Waals surface area contributed by atoms with Crippen LogP contribution >= 0.6 is 0 Å². The van der Waals surface area contributed by atoms with E-state index >= 15 is 0 Å². The molecule has 7 heteroatoms. The summed E-state index contributed by atoms with van der Waals surface area (Å²) in [5.74, 6) is 3.93. The van der Waals surface area contributed by atoms with E-state index in [-0.39, 0.29) is 12.2 Å². The van der Waals surface area contributed by atoms with E-state index < -0.39 is 22.2 Å². The third kappa shape index (κ3) is 4.08. The van der Waals surface area contributed by atoms with Gasteiger partial charge in [-0.05, 0) is 69.0 Å². The second kappa shape index (κ2) is 7.52. The molecular formula is C26H36O5Si2. The van der Waals surface area contributed by atoms with E-state index in [0.717, 1.165) is 40.5 Å². The SMILES string of the molecule is CC(C)[C@H]1Cc2cc3c(cc2O1)OC[C@@]1(O[Si](C)(C)C)c2ccc(O[Si](C)(C)C)cc2O[C@@H]31. The molecule has 2 aromatic carbocycles. The molecule has 0 saturated heterocycles. The Balaban J connectivity index is 1.58. The van der Waals surface area contributed by atoms with Gasteiger partial charge < -0.3 is 23.1 Å². The number of hydrogen-bond acceptors (Lipinski definition) is 5. The quantitative estimate of drug-likeness (QED) is 0.458. The van der Waals surface area contributed by atoms with Crippen molar-refractivity contribution in [3.05, 3.63) is 47.0 Å². The molecule has 0 unspecified atom stereocenters. The van der Waals surface area contributed by atoms with Crippen molar-refractivity contribution in [2.24, 2.45) is 5.92 Å². The minimum atomic E-state index is -1.94. The van der Waals surface area contributed by atoms with Crippen molar-refractivity contribution in [1.82, 2.24) is 0 Å². The van der Waals surface area contributed by atoms with Gasteiger partial charge in [-0.15, -0.1) is 0 Å². The van der Waals surface area contributed by atoms with Crippen LogP contribution in [0.15, 0.2) is 30.3 Å². The second-order valence-corrected chi connectivity index (χ2v) is 20.7. The first-order chi connectivity index (χ1) is 15.3. The topological polar surface area (TPSA) is 46.2 Å². The van der Waals surface area contributed by atoms with Crippen molar-refractivity contribution in [3.8, 4) is 23.0 Å². The zero-order valence-electron chi connectivity index (χ0n) is 21.1. The lowest BCUT2D eigenvalue weighted by Gasteiger charge is -2.42. The highest BCUT2D eigenvalue weighted by Crippen LogP contribution is 2.58. The first-order valence-corrected chi connectivity index (χ1v) is 18.8. The smallest absolute Gasteiger partial charge is 0.242 e. The number of ether oxygens (including phenoxy) is 3. The van der Waals surface area contributed by atoms with Crippen LogP contribution in [0.25, 0.3) is 0 Å². The number of rotatable bonds is 5. The van der Waals surface area contributed by atoms with E-state index in [4.69, 9.17) is 23.1 Å². The molecule has 0 spiro atoms. The lowest BCUT2D eigenvalue weighted by atomic mass is 9.84. The number of benzene rings is 2. The molecule has 5 rings (SSSR count). The highest BCUT2D eigenvalue weighted by atomic mass is 28.4. The largest absolute Gasteiger partial charge is 0.544 e. The van der Waals surface area contributed by atoms with Gasteiger partial charge in [-0.25, -0.2) is 0 Å². The third-order valence-electron chi connectivity index (χ3n) is 6.35. The summed E-state index contributed by atoms with van der Waals surface area (Å²) in [7, 11) is -3.67. The molecule has 0 radical (unpaired) electrons. The fraction of sp³-hybridized carbons (Fsp3) is 0.538. The van der Waals surface area contributed by atoms with E-state index in [0.29, 0.717) is 12.5 Å². The van der Waals surface area contributed by atoms with Gasteiger partial charge in [0.2, 0.25) is 8.32 Å². The van der Waals surface area contributed by atoms with Gasteiger partial charge in [0.15, 0.2) is 20.0 Å². The lowest BCUT2D eigenvalue weighted by molar-refractivity contribution is -0.0722. The summed E-state index contributed by atoms with van der Waals surface area (Å²) in [5, 5.41) is 0. The summed E-state index contributed by atoms with van der Waals surface area (Å²) in [6.07, 6.45) is 0.860. The second-order valence-electron chi connectivity index (χ2n) is 11.9. The van der Waals surface area contributed by atoms with Crippen LogP contribution < -0.4 is 18.6 Å². The normalized spacial score (nSPS) is 25.4. The van der Waals surface area contributed by atoms with E-state index in [1.165, 1.54) is 5.56 Å². The molecular weight excluding hydrogens is 448 g/mol. The maximum atomic E-state index is 6.92. The monoisotopic (exact) mass is 484 g/mol. The summed E-state index contributed by atoms with van der Waals surface area (Å²) in [5.41, 5.74) is 2.67. The van der Waals surface area contributed by atoms with Gasteiger partial charge in [-0.2, -0.15) is 0 Å². The molecule has 3 aliphatic rings. The predicted molar refractivity (Wildman–Crippen MR) is 135 cm³/mol. The summed E-state index contributed by atoms with van der Waals surface area (Å²) in [6.45, 7) is 18.1. The molecule has 0 aromatic heterocycles. The van der Waals surface area contributed by atoms with Crippen molar-refractivity contribution >= 4 is 16.6 Å². The molecule has 178 valence electrons. The van der Waals surface area contributed by atoms with Crippen LogP contribution in [0.3, 0.4) is 0 Å². The Morgan fingerprint density at radius 2 is 1.67 bits per heavy atom. The van der Waals surface area contributed by atoms with Crippen LogP contribution in [-0.4, -0.2) is 29.3 Å². The fourth-order valence-electron chi connectivity index (χ4n) is 5.09. The Kier molecular flexibility index (Phi) is 5.20. The molecule has 5 nitrogen and oxygen atoms in total. The van der Waals surface area contributed by atoms with Crippen LogP contribution in [0.5, 0.6) is 23.0 Å². The molecule has 0 N–H and O–H groups in total. The Bertz CT molecular complexity index is 1090. The average molecular weight is 485 g/mol. The van der Waals surface area contributed by atoms with Crippen molar-refractivity contribution in [1.29, 1.82) is 0 Å².